The summed E-state index contributed by atoms with van der Waals surface area (Å²) in [6.45, 7) is 1.55. The normalized spacial score (nSPS) is 11.7. The molecule has 5 nitrogen and oxygen atoms in total. The maximum absolute atomic E-state index is 11.4. The third kappa shape index (κ3) is 4.84. The van der Waals surface area contributed by atoms with E-state index in [9.17, 15) is 9.59 Å². The Labute approximate surface area is 104 Å². The topological polar surface area (TPSA) is 78.4 Å². The molecule has 0 aromatic heterocycles. The first-order chi connectivity index (χ1) is 7.99. The predicted molar refractivity (Wildman–Crippen MR) is 64.8 cm³/mol. The smallest absolute Gasteiger partial charge is 0.313 e. The summed E-state index contributed by atoms with van der Waals surface area (Å²) in [5, 5.41) is 14.2. The number of nitrogens with one attached hydrogen (secondary N) is 2. The van der Waals surface area contributed by atoms with E-state index in [-0.39, 0.29) is 6.54 Å². The molecule has 1 rings (SSSR count). The first kappa shape index (κ1) is 13.5. The Kier molecular flexibility index (Phi) is 4.93. The number of rotatable bonds is 3. The van der Waals surface area contributed by atoms with Crippen LogP contribution < -0.4 is 10.6 Å². The zero-order valence-electron chi connectivity index (χ0n) is 9.24. The molecule has 0 saturated carbocycles. The molecule has 1 aromatic carbocycles. The van der Waals surface area contributed by atoms with Crippen LogP contribution in [-0.2, 0) is 9.59 Å². The van der Waals surface area contributed by atoms with Gasteiger partial charge in [0.2, 0.25) is 0 Å². The molecular formula is C11H13ClN2O3. The summed E-state index contributed by atoms with van der Waals surface area (Å²) in [4.78, 5) is 22.6. The minimum atomic E-state index is -0.791. The second-order valence-corrected chi connectivity index (χ2v) is 3.96. The highest BCUT2D eigenvalue weighted by Gasteiger charge is 2.13. The van der Waals surface area contributed by atoms with Gasteiger partial charge in [0.1, 0.15) is 0 Å². The molecule has 3 N–H and O–H groups in total. The second-order valence-electron chi connectivity index (χ2n) is 3.52. The van der Waals surface area contributed by atoms with E-state index in [2.05, 4.69) is 10.6 Å². The third-order valence-electron chi connectivity index (χ3n) is 1.87. The Morgan fingerprint density at radius 2 is 1.88 bits per heavy atom. The predicted octanol–water partition coefficient (Wildman–Crippen LogP) is 0.775. The lowest BCUT2D eigenvalue weighted by Gasteiger charge is -2.07. The number of halogens is 1. The van der Waals surface area contributed by atoms with Crippen LogP contribution in [0.3, 0.4) is 0 Å². The fourth-order valence-electron chi connectivity index (χ4n) is 1.04. The highest BCUT2D eigenvalue weighted by atomic mass is 35.5. The quantitative estimate of drug-likeness (QED) is 0.699. The van der Waals surface area contributed by atoms with E-state index in [1.165, 1.54) is 6.92 Å². The minimum absolute atomic E-state index is 0.0346. The fraction of sp³-hybridized carbons (Fsp3) is 0.273. The molecule has 92 valence electrons. The molecule has 2 amide bonds. The molecule has 0 radical (unpaired) electrons. The van der Waals surface area contributed by atoms with Crippen LogP contribution in [-0.4, -0.2) is 29.6 Å². The third-order valence-corrected chi connectivity index (χ3v) is 2.12. The highest BCUT2D eigenvalue weighted by Crippen LogP contribution is 2.12. The van der Waals surface area contributed by atoms with Crippen LogP contribution in [0.25, 0.3) is 0 Å². The van der Waals surface area contributed by atoms with E-state index in [1.807, 2.05) is 0 Å². The van der Waals surface area contributed by atoms with Gasteiger partial charge in [0, 0.05) is 17.3 Å². The number of carbonyl (C=O) groups excluding carboxylic acids is 2. The van der Waals surface area contributed by atoms with Crippen LogP contribution >= 0.6 is 11.6 Å². The molecule has 1 aromatic rings. The Balaban J connectivity index is 2.48. The van der Waals surface area contributed by atoms with Crippen molar-refractivity contribution < 1.29 is 14.7 Å². The second kappa shape index (κ2) is 6.22. The number of aliphatic hydroxyl groups excluding tert-OH is 1. The molecule has 1 atom stereocenters. The van der Waals surface area contributed by atoms with E-state index in [4.69, 9.17) is 16.7 Å². The minimum Gasteiger partial charge on any atom is -0.392 e. The van der Waals surface area contributed by atoms with Crippen molar-refractivity contribution in [3.05, 3.63) is 29.3 Å². The number of anilines is 1. The summed E-state index contributed by atoms with van der Waals surface area (Å²) in [6, 6.07) is 6.38. The maximum Gasteiger partial charge on any atom is 0.313 e. The average molecular weight is 257 g/mol. The molecular weight excluding hydrogens is 244 g/mol. The van der Waals surface area contributed by atoms with Crippen LogP contribution in [0.2, 0.25) is 5.02 Å². The van der Waals surface area contributed by atoms with Crippen LogP contribution in [0.4, 0.5) is 5.69 Å². The Morgan fingerprint density at radius 1 is 1.29 bits per heavy atom. The number of carbonyl (C=O) groups is 2. The van der Waals surface area contributed by atoms with E-state index in [1.54, 1.807) is 24.3 Å². The molecule has 0 bridgehead atoms. The van der Waals surface area contributed by atoms with Gasteiger partial charge in [-0.1, -0.05) is 11.6 Å². The molecule has 1 unspecified atom stereocenters. The molecule has 17 heavy (non-hydrogen) atoms. The van der Waals surface area contributed by atoms with Gasteiger partial charge in [0.25, 0.3) is 0 Å². The van der Waals surface area contributed by atoms with Gasteiger partial charge in [0.05, 0.1) is 6.10 Å². The van der Waals surface area contributed by atoms with Crippen LogP contribution in [0.5, 0.6) is 0 Å². The summed E-state index contributed by atoms with van der Waals surface area (Å²) < 4.78 is 0. The van der Waals surface area contributed by atoms with Crippen LogP contribution in [0, 0.1) is 0 Å². The van der Waals surface area contributed by atoms with Crippen molar-refractivity contribution in [3.63, 3.8) is 0 Å². The molecule has 0 saturated heterocycles. The van der Waals surface area contributed by atoms with E-state index < -0.39 is 17.9 Å². The molecule has 0 aliphatic heterocycles. The van der Waals surface area contributed by atoms with Crippen molar-refractivity contribution in [2.24, 2.45) is 0 Å². The number of aliphatic hydroxyl groups is 1. The maximum atomic E-state index is 11.4. The summed E-state index contributed by atoms with van der Waals surface area (Å²) >= 11 is 5.68. The van der Waals surface area contributed by atoms with Crippen molar-refractivity contribution in [2.75, 3.05) is 11.9 Å². The van der Waals surface area contributed by atoms with E-state index in [0.29, 0.717) is 10.7 Å². The lowest BCUT2D eigenvalue weighted by molar-refractivity contribution is -0.136. The summed E-state index contributed by atoms with van der Waals surface area (Å²) in [7, 11) is 0. The standard InChI is InChI=1S/C11H13ClN2O3/c1-7(15)6-13-10(16)11(17)14-9-4-2-8(12)3-5-9/h2-5,7,15H,6H2,1H3,(H,13,16)(H,14,17). The molecule has 0 heterocycles. The van der Waals surface area contributed by atoms with E-state index in [0.717, 1.165) is 0 Å². The lowest BCUT2D eigenvalue weighted by atomic mass is 10.3. The van der Waals surface area contributed by atoms with Crippen LogP contribution in [0.15, 0.2) is 24.3 Å². The zero-order chi connectivity index (χ0) is 12.8. The lowest BCUT2D eigenvalue weighted by Crippen LogP contribution is -2.38. The van der Waals surface area contributed by atoms with Crippen LogP contribution in [0.1, 0.15) is 6.92 Å². The van der Waals surface area contributed by atoms with Gasteiger partial charge >= 0.3 is 11.8 Å². The van der Waals surface area contributed by atoms with Gasteiger partial charge in [-0.3, -0.25) is 9.59 Å². The summed E-state index contributed by atoms with van der Waals surface area (Å²) in [5.41, 5.74) is 0.478. The molecule has 0 aliphatic rings. The number of hydrogen-bond donors (Lipinski definition) is 3. The van der Waals surface area contributed by atoms with Crippen molar-refractivity contribution in [1.29, 1.82) is 0 Å². The Morgan fingerprint density at radius 3 is 2.41 bits per heavy atom. The highest BCUT2D eigenvalue weighted by molar-refractivity contribution is 6.39. The molecule has 0 spiro atoms. The Bertz CT molecular complexity index is 404. The summed E-state index contributed by atoms with van der Waals surface area (Å²) in [6.07, 6.45) is -0.692. The molecule has 6 heteroatoms. The number of hydrogen-bond acceptors (Lipinski definition) is 3. The van der Waals surface area contributed by atoms with Gasteiger partial charge < -0.3 is 15.7 Å². The van der Waals surface area contributed by atoms with Crippen molar-refractivity contribution >= 4 is 29.1 Å². The van der Waals surface area contributed by atoms with Gasteiger partial charge in [0.15, 0.2) is 0 Å². The van der Waals surface area contributed by atoms with Gasteiger partial charge in [-0.15, -0.1) is 0 Å². The van der Waals surface area contributed by atoms with Gasteiger partial charge in [-0.05, 0) is 31.2 Å². The average Bonchev–Trinajstić information content (AvgIpc) is 2.28. The SMILES string of the molecule is CC(O)CNC(=O)C(=O)Nc1ccc(Cl)cc1. The summed E-state index contributed by atoms with van der Waals surface area (Å²) in [5.74, 6) is -1.58. The van der Waals surface area contributed by atoms with E-state index >= 15 is 0 Å². The van der Waals surface area contributed by atoms with Crippen molar-refractivity contribution in [1.82, 2.24) is 5.32 Å². The van der Waals surface area contributed by atoms with Gasteiger partial charge in [-0.25, -0.2) is 0 Å². The fourth-order valence-corrected chi connectivity index (χ4v) is 1.17. The monoisotopic (exact) mass is 256 g/mol. The van der Waals surface area contributed by atoms with Crippen molar-refractivity contribution in [2.45, 2.75) is 13.0 Å². The van der Waals surface area contributed by atoms with Crippen molar-refractivity contribution in [3.8, 4) is 0 Å². The largest absolute Gasteiger partial charge is 0.392 e. The Hall–Kier alpha value is -1.59. The number of amides is 2. The number of benzene rings is 1. The van der Waals surface area contributed by atoms with Gasteiger partial charge in [-0.2, -0.15) is 0 Å². The molecule has 0 aliphatic carbocycles. The first-order valence-corrected chi connectivity index (χ1v) is 5.39. The first-order valence-electron chi connectivity index (χ1n) is 5.02. The molecule has 0 fully saturated rings. The zero-order valence-corrected chi connectivity index (χ0v) is 9.99.